The van der Waals surface area contributed by atoms with Gasteiger partial charge in [0.25, 0.3) is 11.8 Å². The van der Waals surface area contributed by atoms with E-state index in [1.54, 1.807) is 18.2 Å². The summed E-state index contributed by atoms with van der Waals surface area (Å²) < 4.78 is 67.8. The van der Waals surface area contributed by atoms with Gasteiger partial charge in [-0.25, -0.2) is 4.39 Å². The van der Waals surface area contributed by atoms with Crippen molar-refractivity contribution in [3.05, 3.63) is 88.9 Å². The summed E-state index contributed by atoms with van der Waals surface area (Å²) in [5.74, 6) is -2.90. The highest BCUT2D eigenvalue weighted by molar-refractivity contribution is 7.81. The Hall–Kier alpha value is -5.82. The first-order valence-corrected chi connectivity index (χ1v) is 16.9. The molecule has 11 nitrogen and oxygen atoms in total. The fraction of sp³-hybridized carbons (Fsp3) is 0.297. The lowest BCUT2D eigenvalue weighted by atomic mass is 9.90. The van der Waals surface area contributed by atoms with Crippen LogP contribution in [-0.2, 0) is 20.6 Å². The zero-order valence-corrected chi connectivity index (χ0v) is 29.1. The maximum atomic E-state index is 15.4. The van der Waals surface area contributed by atoms with E-state index in [0.29, 0.717) is 54.2 Å². The monoisotopic (exact) mass is 749 g/mol. The molecule has 6 rings (SSSR count). The number of amides is 4. The summed E-state index contributed by atoms with van der Waals surface area (Å²) in [5, 5.41) is 14.7. The number of alkyl halides is 3. The third-order valence-electron chi connectivity index (χ3n) is 9.13. The number of nitriles is 1. The van der Waals surface area contributed by atoms with Gasteiger partial charge in [-0.15, -0.1) is 0 Å². The van der Waals surface area contributed by atoms with Gasteiger partial charge in [-0.2, -0.15) is 18.4 Å². The van der Waals surface area contributed by atoms with Crippen LogP contribution >= 0.6 is 12.2 Å². The number of ether oxygens (including phenoxy) is 1. The first kappa shape index (κ1) is 37.0. The lowest BCUT2D eigenvalue weighted by Crippen LogP contribution is -2.44. The minimum atomic E-state index is -4.86. The minimum absolute atomic E-state index is 0.101. The average molecular weight is 750 g/mol. The van der Waals surface area contributed by atoms with E-state index in [2.05, 4.69) is 10.6 Å². The number of fused-ring (bicyclic) bond motifs is 1. The summed E-state index contributed by atoms with van der Waals surface area (Å²) in [6, 6.07) is 13.2. The van der Waals surface area contributed by atoms with E-state index in [-0.39, 0.29) is 46.8 Å². The van der Waals surface area contributed by atoms with Crippen LogP contribution in [0.25, 0.3) is 11.0 Å². The summed E-state index contributed by atoms with van der Waals surface area (Å²) in [7, 11) is 0. The van der Waals surface area contributed by atoms with Gasteiger partial charge in [0.2, 0.25) is 11.8 Å². The van der Waals surface area contributed by atoms with E-state index < -0.39 is 46.4 Å². The number of imide groups is 1. The van der Waals surface area contributed by atoms with E-state index >= 15 is 4.39 Å². The fourth-order valence-corrected chi connectivity index (χ4v) is 6.90. The summed E-state index contributed by atoms with van der Waals surface area (Å²) in [4.78, 5) is 52.4. The molecule has 2 fully saturated rings. The summed E-state index contributed by atoms with van der Waals surface area (Å²) in [5.41, 5.74) is -2.41. The van der Waals surface area contributed by atoms with Crippen LogP contribution in [0.15, 0.2) is 65.3 Å². The number of furan rings is 1. The number of unbranched alkanes of at least 4 members (excludes halogenated alkanes) is 1. The lowest BCUT2D eigenvalue weighted by Gasteiger charge is -2.29. The number of thiocarbonyl (C=S) groups is 1. The predicted molar refractivity (Wildman–Crippen MR) is 188 cm³/mol. The topological polar surface area (TPSA) is 145 Å². The summed E-state index contributed by atoms with van der Waals surface area (Å²) in [6.07, 6.45) is -1.68. The number of hydrogen-bond donors (Lipinski definition) is 2. The van der Waals surface area contributed by atoms with E-state index in [1.165, 1.54) is 49.3 Å². The van der Waals surface area contributed by atoms with Gasteiger partial charge >= 0.3 is 6.18 Å². The van der Waals surface area contributed by atoms with Gasteiger partial charge in [0.1, 0.15) is 22.7 Å². The van der Waals surface area contributed by atoms with Gasteiger partial charge in [-0.3, -0.25) is 29.4 Å². The molecule has 2 aliphatic rings. The molecule has 1 aromatic heterocycles. The predicted octanol–water partition coefficient (Wildman–Crippen LogP) is 6.49. The van der Waals surface area contributed by atoms with E-state index in [0.717, 1.165) is 17.0 Å². The molecule has 0 spiro atoms. The Labute approximate surface area is 305 Å². The Morgan fingerprint density at radius 2 is 1.85 bits per heavy atom. The second-order valence-electron chi connectivity index (χ2n) is 13.0. The smallest absolute Gasteiger partial charge is 0.417 e. The quantitative estimate of drug-likeness (QED) is 0.0805. The number of halogens is 4. The molecule has 1 unspecified atom stereocenters. The maximum absolute atomic E-state index is 15.4. The average Bonchev–Trinajstić information content (AvgIpc) is 3.59. The van der Waals surface area contributed by atoms with Crippen LogP contribution in [0.1, 0.15) is 72.5 Å². The SMILES string of the molecule is CC1(C)C(=O)N(c2ccc(C#N)c(C(F)(F)F)c2)C(=S)N1c1ccc(C(=O)NCCCCOc2ccc3occ(C4CCC(=O)NC4=O)c3c2)c(F)c1. The Bertz CT molecular complexity index is 2210. The van der Waals surface area contributed by atoms with Gasteiger partial charge in [0, 0.05) is 29.6 Å². The van der Waals surface area contributed by atoms with Crippen LogP contribution in [0.5, 0.6) is 5.75 Å². The van der Waals surface area contributed by atoms with Crippen molar-refractivity contribution in [1.82, 2.24) is 10.6 Å². The standard InChI is InChI=1S/C37H31F4N5O6S/c1-36(2)34(50)45(21-6-5-20(18-42)28(15-21)37(39,40)41)35(53)46(36)22-7-9-25(29(38)16-22)32(48)43-13-3-4-14-51-23-8-11-30-26(17-23)27(19-52-30)24-10-12-31(47)44-33(24)49/h5-9,11,15-17,19,24H,3-4,10,12-14H2,1-2H3,(H,43,48)(H,44,47,49). The number of nitrogens with one attached hydrogen (secondary N) is 2. The number of carbonyl (C=O) groups excluding carboxylic acids is 4. The number of piperidine rings is 1. The summed E-state index contributed by atoms with van der Waals surface area (Å²) in [6.45, 7) is 3.47. The molecule has 2 aliphatic heterocycles. The molecular formula is C37H31F4N5O6S. The molecule has 4 aromatic rings. The number of rotatable bonds is 10. The Kier molecular flexibility index (Phi) is 9.97. The highest BCUT2D eigenvalue weighted by Gasteiger charge is 2.51. The Morgan fingerprint density at radius 3 is 2.55 bits per heavy atom. The molecule has 4 amide bonds. The molecule has 274 valence electrons. The molecular weight excluding hydrogens is 718 g/mol. The van der Waals surface area contributed by atoms with Crippen molar-refractivity contribution in [2.45, 2.75) is 57.2 Å². The lowest BCUT2D eigenvalue weighted by molar-refractivity contribution is -0.138. The first-order chi connectivity index (χ1) is 25.1. The van der Waals surface area contributed by atoms with Crippen molar-refractivity contribution in [3.8, 4) is 11.8 Å². The molecule has 3 aromatic carbocycles. The van der Waals surface area contributed by atoms with Gasteiger partial charge in [-0.05, 0) is 99.9 Å². The third kappa shape index (κ3) is 7.16. The van der Waals surface area contributed by atoms with Crippen LogP contribution in [0.4, 0.5) is 28.9 Å². The minimum Gasteiger partial charge on any atom is -0.494 e. The van der Waals surface area contributed by atoms with Crippen molar-refractivity contribution < 1.29 is 45.9 Å². The Morgan fingerprint density at radius 1 is 1.09 bits per heavy atom. The third-order valence-corrected chi connectivity index (χ3v) is 9.49. The first-order valence-electron chi connectivity index (χ1n) is 16.5. The highest BCUT2D eigenvalue weighted by atomic mass is 32.1. The van der Waals surface area contributed by atoms with Crippen molar-refractivity contribution in [3.63, 3.8) is 0 Å². The maximum Gasteiger partial charge on any atom is 0.417 e. The van der Waals surface area contributed by atoms with Crippen LogP contribution in [0, 0.1) is 17.1 Å². The normalized spacial score (nSPS) is 17.3. The molecule has 2 saturated heterocycles. The zero-order valence-electron chi connectivity index (χ0n) is 28.3. The van der Waals surface area contributed by atoms with Gasteiger partial charge in [0.05, 0.1) is 47.2 Å². The molecule has 0 aliphatic carbocycles. The molecule has 0 saturated carbocycles. The molecule has 53 heavy (non-hydrogen) atoms. The van der Waals surface area contributed by atoms with Crippen molar-refractivity contribution >= 4 is 63.3 Å². The van der Waals surface area contributed by atoms with Crippen molar-refractivity contribution in [2.24, 2.45) is 0 Å². The van der Waals surface area contributed by atoms with Crippen LogP contribution < -0.4 is 25.2 Å². The van der Waals surface area contributed by atoms with Gasteiger partial charge < -0.3 is 19.4 Å². The van der Waals surface area contributed by atoms with E-state index in [9.17, 15) is 32.3 Å². The molecule has 0 bridgehead atoms. The molecule has 3 heterocycles. The number of carbonyl (C=O) groups is 4. The molecule has 16 heteroatoms. The van der Waals surface area contributed by atoms with Gasteiger partial charge in [0.15, 0.2) is 5.11 Å². The number of benzene rings is 3. The van der Waals surface area contributed by atoms with E-state index in [4.69, 9.17) is 26.6 Å². The zero-order chi connectivity index (χ0) is 38.2. The van der Waals surface area contributed by atoms with E-state index in [1.807, 2.05) is 0 Å². The van der Waals surface area contributed by atoms with Crippen LogP contribution in [0.3, 0.4) is 0 Å². The molecule has 0 radical (unpaired) electrons. The van der Waals surface area contributed by atoms with Gasteiger partial charge in [-0.1, -0.05) is 0 Å². The highest BCUT2D eigenvalue weighted by Crippen LogP contribution is 2.40. The molecule has 2 N–H and O–H groups in total. The summed E-state index contributed by atoms with van der Waals surface area (Å²) >= 11 is 5.50. The number of nitrogens with zero attached hydrogens (tertiary/aromatic N) is 3. The largest absolute Gasteiger partial charge is 0.494 e. The fourth-order valence-electron chi connectivity index (χ4n) is 6.38. The second-order valence-corrected chi connectivity index (χ2v) is 13.4. The Balaban J connectivity index is 1.04. The van der Waals surface area contributed by atoms with Crippen LogP contribution in [-0.4, -0.2) is 47.4 Å². The number of hydrogen-bond acceptors (Lipinski definition) is 8. The van der Waals surface area contributed by atoms with Crippen molar-refractivity contribution in [1.29, 1.82) is 5.26 Å². The molecule has 1 atom stereocenters. The second kappa shape index (κ2) is 14.3. The number of anilines is 2. The van der Waals surface area contributed by atoms with Crippen molar-refractivity contribution in [2.75, 3.05) is 23.0 Å². The van der Waals surface area contributed by atoms with Crippen LogP contribution in [0.2, 0.25) is 0 Å².